The maximum atomic E-state index is 12.9. The summed E-state index contributed by atoms with van der Waals surface area (Å²) in [7, 11) is 6.20. The lowest BCUT2D eigenvalue weighted by atomic mass is 10.2. The molecule has 0 radical (unpaired) electrons. The molecule has 0 fully saturated rings. The number of aromatic nitrogens is 3. The van der Waals surface area contributed by atoms with Crippen LogP contribution in [-0.2, 0) is 6.54 Å². The first-order valence-electron chi connectivity index (χ1n) is 10.2. The van der Waals surface area contributed by atoms with Crippen LogP contribution in [0, 0.1) is 0 Å². The fourth-order valence-electron chi connectivity index (χ4n) is 3.51. The summed E-state index contributed by atoms with van der Waals surface area (Å²) in [6.07, 6.45) is 3.17. The number of rotatable bonds is 8. The van der Waals surface area contributed by atoms with Gasteiger partial charge in [-0.05, 0) is 18.2 Å². The molecule has 0 bridgehead atoms. The second-order valence-electron chi connectivity index (χ2n) is 7.26. The number of benzene rings is 2. The van der Waals surface area contributed by atoms with Gasteiger partial charge < -0.3 is 24.3 Å². The smallest absolute Gasteiger partial charge is 0.257 e. The molecule has 0 unspecified atom stereocenters. The van der Waals surface area contributed by atoms with Crippen molar-refractivity contribution in [2.45, 2.75) is 6.54 Å². The Kier molecular flexibility index (Phi) is 6.74. The number of amides is 1. The largest absolute Gasteiger partial charge is 0.497 e. The van der Waals surface area contributed by atoms with Crippen molar-refractivity contribution in [3.8, 4) is 23.0 Å². The van der Waals surface area contributed by atoms with Gasteiger partial charge >= 0.3 is 0 Å². The Balaban J connectivity index is 1.59. The van der Waals surface area contributed by atoms with Gasteiger partial charge in [0, 0.05) is 35.3 Å². The highest BCUT2D eigenvalue weighted by atomic mass is 35.5. The molecular formula is C24H23ClN4O5. The van der Waals surface area contributed by atoms with Crippen molar-refractivity contribution in [2.75, 3.05) is 33.8 Å². The predicted octanol–water partition coefficient (Wildman–Crippen LogP) is 4.42. The first-order valence-corrected chi connectivity index (χ1v) is 10.6. The van der Waals surface area contributed by atoms with E-state index in [1.165, 1.54) is 20.4 Å². The molecule has 10 heteroatoms. The monoisotopic (exact) mass is 482 g/mol. The predicted molar refractivity (Wildman–Crippen MR) is 129 cm³/mol. The molecule has 0 saturated carbocycles. The molecule has 0 aliphatic carbocycles. The van der Waals surface area contributed by atoms with Crippen LogP contribution in [-0.4, -0.2) is 49.1 Å². The molecule has 1 N–H and O–H groups in total. The van der Waals surface area contributed by atoms with E-state index in [1.807, 2.05) is 18.2 Å². The zero-order valence-electron chi connectivity index (χ0n) is 19.1. The molecule has 4 aromatic rings. The quantitative estimate of drug-likeness (QED) is 0.397. The Morgan fingerprint density at radius 1 is 0.941 bits per heavy atom. The molecule has 2 aromatic heterocycles. The summed E-state index contributed by atoms with van der Waals surface area (Å²) in [5, 5.41) is 8.36. The van der Waals surface area contributed by atoms with E-state index >= 15 is 0 Å². The van der Waals surface area contributed by atoms with Crippen molar-refractivity contribution in [1.29, 1.82) is 0 Å². The summed E-state index contributed by atoms with van der Waals surface area (Å²) < 4.78 is 23.0. The average Bonchev–Trinajstić information content (AvgIpc) is 3.26. The van der Waals surface area contributed by atoms with Crippen LogP contribution in [0.15, 0.2) is 48.8 Å². The summed E-state index contributed by atoms with van der Waals surface area (Å²) in [6.45, 7) is 0.441. The summed E-state index contributed by atoms with van der Waals surface area (Å²) >= 11 is 6.14. The fraction of sp³-hybridized carbons (Fsp3) is 0.208. The van der Waals surface area contributed by atoms with E-state index in [0.717, 1.165) is 10.9 Å². The van der Waals surface area contributed by atoms with Crippen molar-refractivity contribution < 1.29 is 23.7 Å². The Hall–Kier alpha value is -3.98. The van der Waals surface area contributed by atoms with Crippen molar-refractivity contribution in [2.24, 2.45) is 0 Å². The van der Waals surface area contributed by atoms with Crippen molar-refractivity contribution in [3.63, 3.8) is 0 Å². The highest BCUT2D eigenvalue weighted by molar-refractivity contribution is 6.32. The molecule has 34 heavy (non-hydrogen) atoms. The number of halogens is 1. The van der Waals surface area contributed by atoms with Crippen LogP contribution in [0.3, 0.4) is 0 Å². The number of nitrogens with one attached hydrogen (secondary N) is 1. The summed E-state index contributed by atoms with van der Waals surface area (Å²) in [5.74, 6) is 1.86. The number of pyridine rings is 1. The van der Waals surface area contributed by atoms with Gasteiger partial charge in [-0.2, -0.15) is 5.10 Å². The van der Waals surface area contributed by atoms with Gasteiger partial charge in [-0.1, -0.05) is 11.6 Å². The molecule has 0 atom stereocenters. The van der Waals surface area contributed by atoms with Crippen LogP contribution in [0.25, 0.3) is 11.0 Å². The molecule has 4 rings (SSSR count). The molecule has 2 heterocycles. The van der Waals surface area contributed by atoms with E-state index < -0.39 is 0 Å². The number of methoxy groups -OCH3 is 4. The Bertz CT molecular complexity index is 1350. The highest BCUT2D eigenvalue weighted by Crippen LogP contribution is 2.36. The van der Waals surface area contributed by atoms with E-state index in [9.17, 15) is 4.79 Å². The minimum Gasteiger partial charge on any atom is -0.497 e. The van der Waals surface area contributed by atoms with Gasteiger partial charge in [0.2, 0.25) is 0 Å². The summed E-state index contributed by atoms with van der Waals surface area (Å²) in [5.41, 5.74) is 2.35. The molecular weight excluding hydrogens is 460 g/mol. The topological polar surface area (TPSA) is 96.7 Å². The first kappa shape index (κ1) is 23.2. The molecule has 0 spiro atoms. The Morgan fingerprint density at radius 2 is 1.71 bits per heavy atom. The zero-order valence-corrected chi connectivity index (χ0v) is 19.8. The number of hydrogen-bond acceptors (Lipinski definition) is 7. The Labute approximate surface area is 201 Å². The second kappa shape index (κ2) is 9.88. The van der Waals surface area contributed by atoms with Crippen LogP contribution < -0.4 is 24.3 Å². The molecule has 9 nitrogen and oxygen atoms in total. The molecule has 176 valence electrons. The lowest BCUT2D eigenvalue weighted by Gasteiger charge is -2.13. The number of nitrogens with zero attached hydrogens (tertiary/aromatic N) is 3. The van der Waals surface area contributed by atoms with Gasteiger partial charge in [-0.15, -0.1) is 0 Å². The molecule has 1 amide bonds. The van der Waals surface area contributed by atoms with Crippen molar-refractivity contribution >= 4 is 34.2 Å². The van der Waals surface area contributed by atoms with Crippen molar-refractivity contribution in [3.05, 3.63) is 64.9 Å². The van der Waals surface area contributed by atoms with Crippen LogP contribution >= 0.6 is 11.6 Å². The van der Waals surface area contributed by atoms with E-state index in [-0.39, 0.29) is 5.91 Å². The van der Waals surface area contributed by atoms with Gasteiger partial charge in [-0.3, -0.25) is 4.79 Å². The van der Waals surface area contributed by atoms with Gasteiger partial charge in [-0.25, -0.2) is 9.67 Å². The number of ether oxygens (including phenoxy) is 4. The number of carbonyl (C=O) groups is 1. The highest BCUT2D eigenvalue weighted by Gasteiger charge is 2.16. The van der Waals surface area contributed by atoms with Gasteiger partial charge in [0.1, 0.15) is 23.0 Å². The maximum absolute atomic E-state index is 12.9. The molecule has 0 aliphatic rings. The van der Waals surface area contributed by atoms with Crippen LogP contribution in [0.1, 0.15) is 15.9 Å². The van der Waals surface area contributed by atoms with E-state index in [4.69, 9.17) is 30.5 Å². The van der Waals surface area contributed by atoms with Crippen LogP contribution in [0.2, 0.25) is 5.02 Å². The summed E-state index contributed by atoms with van der Waals surface area (Å²) in [4.78, 5) is 17.4. The molecule has 0 aliphatic heterocycles. The number of carbonyl (C=O) groups excluding carboxylic acids is 1. The van der Waals surface area contributed by atoms with Gasteiger partial charge in [0.25, 0.3) is 5.91 Å². The normalized spacial score (nSPS) is 10.7. The number of fused-ring (bicyclic) bond motifs is 1. The zero-order chi connectivity index (χ0) is 24.2. The third-order valence-electron chi connectivity index (χ3n) is 5.27. The third-order valence-corrected chi connectivity index (χ3v) is 5.57. The number of anilines is 1. The van der Waals surface area contributed by atoms with E-state index in [0.29, 0.717) is 51.5 Å². The SMILES string of the molecule is COc1ccc(Cn2ncc3cc(C(=O)Nc4cc(OC)c(Cl)cc4OC)cnc32)c(OC)c1. The van der Waals surface area contributed by atoms with Crippen LogP contribution in [0.4, 0.5) is 5.69 Å². The van der Waals surface area contributed by atoms with Crippen LogP contribution in [0.5, 0.6) is 23.0 Å². The Morgan fingerprint density at radius 3 is 2.41 bits per heavy atom. The second-order valence-corrected chi connectivity index (χ2v) is 7.67. The minimum absolute atomic E-state index is 0.360. The maximum Gasteiger partial charge on any atom is 0.257 e. The van der Waals surface area contributed by atoms with E-state index in [2.05, 4.69) is 15.4 Å². The molecule has 0 saturated heterocycles. The minimum atomic E-state index is -0.360. The molecule has 2 aromatic carbocycles. The lowest BCUT2D eigenvalue weighted by molar-refractivity contribution is 0.102. The summed E-state index contributed by atoms with van der Waals surface area (Å²) in [6, 6.07) is 10.5. The average molecular weight is 483 g/mol. The lowest BCUT2D eigenvalue weighted by Crippen LogP contribution is -2.13. The standard InChI is InChI=1S/C24H23ClN4O5/c1-31-17-6-5-14(20(8-17)32-2)13-29-23-15(12-27-29)7-16(11-26-23)24(30)28-19-10-21(33-3)18(25)9-22(19)34-4/h5-12H,13H2,1-4H3,(H,28,30). The van der Waals surface area contributed by atoms with Gasteiger partial charge in [0.15, 0.2) is 5.65 Å². The first-order chi connectivity index (χ1) is 16.5. The van der Waals surface area contributed by atoms with Crippen molar-refractivity contribution in [1.82, 2.24) is 14.8 Å². The van der Waals surface area contributed by atoms with E-state index in [1.54, 1.807) is 43.3 Å². The fourth-order valence-corrected chi connectivity index (χ4v) is 3.74. The number of hydrogen-bond donors (Lipinski definition) is 1. The van der Waals surface area contributed by atoms with Gasteiger partial charge in [0.05, 0.1) is 57.5 Å². The third kappa shape index (κ3) is 4.55.